The molecule has 0 radical (unpaired) electrons. The number of rotatable bonds is 5. The number of aromatic amines is 4. The third-order valence-electron chi connectivity index (χ3n) is 2.93. The van der Waals surface area contributed by atoms with Crippen LogP contribution in [0.1, 0.15) is 0 Å². The molecule has 0 aromatic carbocycles. The highest BCUT2D eigenvalue weighted by atomic mass is 16.4. The first kappa shape index (κ1) is 19.8. The lowest BCUT2D eigenvalue weighted by Gasteiger charge is -2.24. The van der Waals surface area contributed by atoms with Crippen molar-refractivity contribution in [1.82, 2.24) is 19.9 Å². The largest absolute Gasteiger partial charge is 0.394 e. The van der Waals surface area contributed by atoms with Crippen molar-refractivity contribution in [2.24, 2.45) is 0 Å². The van der Waals surface area contributed by atoms with Crippen molar-refractivity contribution in [2.75, 3.05) is 13.2 Å². The highest BCUT2D eigenvalue weighted by molar-refractivity contribution is 5.67. The van der Waals surface area contributed by atoms with Crippen LogP contribution in [0, 0.1) is 0 Å². The van der Waals surface area contributed by atoms with Crippen LogP contribution in [0.5, 0.6) is 0 Å². The molecule has 0 spiro atoms. The van der Waals surface area contributed by atoms with Crippen molar-refractivity contribution < 1.29 is 30.6 Å². The van der Waals surface area contributed by atoms with Crippen molar-refractivity contribution in [3.05, 3.63) is 31.3 Å². The zero-order valence-electron chi connectivity index (χ0n) is 12.1. The molecule has 2 heterocycles. The molecule has 2 aromatic rings. The summed E-state index contributed by atoms with van der Waals surface area (Å²) in [4.78, 5) is 41.0. The zero-order valence-corrected chi connectivity index (χ0v) is 12.1. The highest BCUT2D eigenvalue weighted by Gasteiger charge is 2.29. The Bertz CT molecular complexity index is 792. The summed E-state index contributed by atoms with van der Waals surface area (Å²) in [6.45, 7) is -1.45. The fourth-order valence-electron chi connectivity index (χ4n) is 1.63. The first-order valence-electron chi connectivity index (χ1n) is 6.59. The Hall–Kier alpha value is -2.29. The van der Waals surface area contributed by atoms with Gasteiger partial charge < -0.3 is 30.6 Å². The van der Waals surface area contributed by atoms with E-state index in [0.717, 1.165) is 0 Å². The number of aliphatic hydroxyl groups is 6. The van der Waals surface area contributed by atoms with Crippen LogP contribution < -0.4 is 16.9 Å². The van der Waals surface area contributed by atoms with Crippen molar-refractivity contribution >= 4 is 11.2 Å². The molecule has 0 bridgehead atoms. The van der Waals surface area contributed by atoms with Gasteiger partial charge in [-0.2, -0.15) is 0 Å². The minimum Gasteiger partial charge on any atom is -0.394 e. The van der Waals surface area contributed by atoms with E-state index in [1.165, 1.54) is 0 Å². The van der Waals surface area contributed by atoms with Gasteiger partial charge in [0, 0.05) is 0 Å². The van der Waals surface area contributed by atoms with Crippen LogP contribution in [-0.2, 0) is 0 Å². The monoisotopic (exact) mass is 350 g/mol. The van der Waals surface area contributed by atoms with Gasteiger partial charge in [0.1, 0.15) is 35.6 Å². The molecule has 0 amide bonds. The maximum absolute atomic E-state index is 10.9. The first-order chi connectivity index (χ1) is 11.2. The molecular weight excluding hydrogens is 332 g/mol. The minimum absolute atomic E-state index is 0.0413. The average Bonchev–Trinajstić information content (AvgIpc) is 2.93. The van der Waals surface area contributed by atoms with Crippen LogP contribution >= 0.6 is 0 Å². The summed E-state index contributed by atoms with van der Waals surface area (Å²) >= 11 is 0. The summed E-state index contributed by atoms with van der Waals surface area (Å²) in [5.41, 5.74) is -1.65. The molecule has 24 heavy (non-hydrogen) atoms. The van der Waals surface area contributed by atoms with Crippen molar-refractivity contribution in [3.63, 3.8) is 0 Å². The molecule has 136 valence electrons. The minimum atomic E-state index is -1.67. The van der Waals surface area contributed by atoms with E-state index in [1.807, 2.05) is 4.98 Å². The molecule has 4 unspecified atom stereocenters. The van der Waals surface area contributed by atoms with Crippen LogP contribution in [0.3, 0.4) is 0 Å². The number of fused-ring (bicyclic) bond motifs is 1. The quantitative estimate of drug-likeness (QED) is 0.247. The second-order valence-corrected chi connectivity index (χ2v) is 4.72. The van der Waals surface area contributed by atoms with Crippen LogP contribution in [0.2, 0.25) is 0 Å². The summed E-state index contributed by atoms with van der Waals surface area (Å²) in [6.07, 6.45) is -6.39. The third kappa shape index (κ3) is 4.85. The fourth-order valence-corrected chi connectivity index (χ4v) is 1.63. The number of nitrogens with one attached hydrogen (secondary N) is 4. The predicted octanol–water partition coefficient (Wildman–Crippen LogP) is -5.35. The molecule has 13 nitrogen and oxygen atoms in total. The SMILES string of the molecule is O=c1[nH]c(=O)c2[nH]c(=O)[nH]c2[nH]1.OCC(O)C(O)C(O)C(O)CO. The molecule has 4 atom stereocenters. The summed E-state index contributed by atoms with van der Waals surface area (Å²) in [7, 11) is 0. The summed E-state index contributed by atoms with van der Waals surface area (Å²) < 4.78 is 0. The van der Waals surface area contributed by atoms with Gasteiger partial charge in [0.05, 0.1) is 13.2 Å². The van der Waals surface area contributed by atoms with Crippen LogP contribution in [0.4, 0.5) is 0 Å². The van der Waals surface area contributed by atoms with Crippen LogP contribution in [0.15, 0.2) is 14.4 Å². The topological polar surface area (TPSA) is 236 Å². The van der Waals surface area contributed by atoms with E-state index in [4.69, 9.17) is 30.6 Å². The Morgan fingerprint density at radius 1 is 0.708 bits per heavy atom. The maximum atomic E-state index is 10.9. The number of hydrogen-bond acceptors (Lipinski definition) is 9. The van der Waals surface area contributed by atoms with Crippen molar-refractivity contribution in [3.8, 4) is 0 Å². The van der Waals surface area contributed by atoms with Gasteiger partial charge in [-0.15, -0.1) is 0 Å². The fraction of sp³-hybridized carbons (Fsp3) is 0.545. The number of imidazole rings is 1. The van der Waals surface area contributed by atoms with E-state index in [9.17, 15) is 14.4 Å². The molecule has 0 aliphatic heterocycles. The van der Waals surface area contributed by atoms with E-state index >= 15 is 0 Å². The Kier molecular flexibility index (Phi) is 7.02. The van der Waals surface area contributed by atoms with Gasteiger partial charge in [0.15, 0.2) is 0 Å². The maximum Gasteiger partial charge on any atom is 0.327 e. The number of aromatic nitrogens is 4. The molecule has 0 saturated heterocycles. The Balaban J connectivity index is 0.000000240. The molecule has 2 rings (SSSR count). The highest BCUT2D eigenvalue weighted by Crippen LogP contribution is 2.04. The first-order valence-corrected chi connectivity index (χ1v) is 6.59. The van der Waals surface area contributed by atoms with Gasteiger partial charge in [-0.25, -0.2) is 9.59 Å². The van der Waals surface area contributed by atoms with Crippen LogP contribution in [0.25, 0.3) is 11.2 Å². The Morgan fingerprint density at radius 3 is 1.54 bits per heavy atom. The molecule has 13 heteroatoms. The molecule has 0 saturated carbocycles. The second kappa shape index (κ2) is 8.53. The van der Waals surface area contributed by atoms with Gasteiger partial charge in [0.25, 0.3) is 5.56 Å². The third-order valence-corrected chi connectivity index (χ3v) is 2.93. The van der Waals surface area contributed by atoms with Crippen LogP contribution in [-0.4, -0.2) is 88.2 Å². The Labute approximate surface area is 131 Å². The molecule has 0 fully saturated rings. The lowest BCUT2D eigenvalue weighted by Crippen LogP contribution is -2.46. The normalized spacial score (nSPS) is 16.1. The lowest BCUT2D eigenvalue weighted by molar-refractivity contribution is -0.123. The lowest BCUT2D eigenvalue weighted by atomic mass is 10.0. The van der Waals surface area contributed by atoms with Gasteiger partial charge in [-0.05, 0) is 0 Å². The molecule has 0 aliphatic rings. The molecule has 10 N–H and O–H groups in total. The van der Waals surface area contributed by atoms with Gasteiger partial charge >= 0.3 is 11.4 Å². The molecule has 0 aliphatic carbocycles. The van der Waals surface area contributed by atoms with Gasteiger partial charge in [0.2, 0.25) is 0 Å². The van der Waals surface area contributed by atoms with E-state index in [-0.39, 0.29) is 11.2 Å². The average molecular weight is 350 g/mol. The summed E-state index contributed by atoms with van der Waals surface area (Å²) in [5.74, 6) is 0. The summed E-state index contributed by atoms with van der Waals surface area (Å²) in [5, 5.41) is 52.2. The van der Waals surface area contributed by atoms with E-state index in [1.54, 1.807) is 0 Å². The Morgan fingerprint density at radius 2 is 1.12 bits per heavy atom. The van der Waals surface area contributed by atoms with Crippen molar-refractivity contribution in [2.45, 2.75) is 24.4 Å². The van der Waals surface area contributed by atoms with Crippen molar-refractivity contribution in [1.29, 1.82) is 0 Å². The standard InChI is InChI=1S/C6H14O6.C5H4N4O3/c7-1-3(9)5(11)6(12)4(10)2-8;10-3-1-2(7-4(11)6-1)8-5(12)9-3/h3-12H,1-2H2;(H4,6,7,8,9,10,11,12). The van der Waals surface area contributed by atoms with Gasteiger partial charge in [-0.1, -0.05) is 0 Å². The number of hydrogen-bond donors (Lipinski definition) is 10. The number of H-pyrrole nitrogens is 4. The zero-order chi connectivity index (χ0) is 18.4. The summed E-state index contributed by atoms with van der Waals surface area (Å²) in [6, 6.07) is 0. The predicted molar refractivity (Wildman–Crippen MR) is 78.4 cm³/mol. The van der Waals surface area contributed by atoms with E-state index in [0.29, 0.717) is 0 Å². The van der Waals surface area contributed by atoms with Gasteiger partial charge in [-0.3, -0.25) is 24.7 Å². The smallest absolute Gasteiger partial charge is 0.327 e. The van der Waals surface area contributed by atoms with E-state index < -0.39 is 54.6 Å². The van der Waals surface area contributed by atoms with E-state index in [2.05, 4.69) is 15.0 Å². The molecular formula is C11H18N4O9. The molecule has 2 aromatic heterocycles. The number of aliphatic hydroxyl groups excluding tert-OH is 6. The second-order valence-electron chi connectivity index (χ2n) is 4.72.